The highest BCUT2D eigenvalue weighted by atomic mass is 32.2. The summed E-state index contributed by atoms with van der Waals surface area (Å²) in [6.07, 6.45) is 0. The zero-order valence-corrected chi connectivity index (χ0v) is 12.9. The minimum absolute atomic E-state index is 0.702. The summed E-state index contributed by atoms with van der Waals surface area (Å²) in [6.45, 7) is 1.97. The number of thioether (sulfide) groups is 1. The third kappa shape index (κ3) is 2.90. The number of benzene rings is 2. The van der Waals surface area contributed by atoms with E-state index in [9.17, 15) is 9.90 Å². The minimum atomic E-state index is -1.09. The maximum absolute atomic E-state index is 12.1. The molecule has 0 aromatic heterocycles. The standard InChI is InChI=1S/C17H18O3S/c1-3-21-17(16(18)19,13-7-5-4-6-8-13)14-9-11-15(20-2)12-10-14/h4-12H,3H2,1-2H3,(H,18,19). The fourth-order valence-corrected chi connectivity index (χ4v) is 3.52. The highest BCUT2D eigenvalue weighted by Gasteiger charge is 2.42. The highest BCUT2D eigenvalue weighted by molar-refractivity contribution is 8.01. The van der Waals surface area contributed by atoms with Gasteiger partial charge < -0.3 is 9.84 Å². The summed E-state index contributed by atoms with van der Waals surface area (Å²) < 4.78 is 4.06. The lowest BCUT2D eigenvalue weighted by molar-refractivity contribution is -0.138. The van der Waals surface area contributed by atoms with E-state index in [-0.39, 0.29) is 0 Å². The average molecular weight is 302 g/mol. The quantitative estimate of drug-likeness (QED) is 0.882. The van der Waals surface area contributed by atoms with E-state index in [1.54, 1.807) is 19.2 Å². The normalized spacial score (nSPS) is 13.4. The molecule has 0 aliphatic carbocycles. The maximum Gasteiger partial charge on any atom is 0.328 e. The summed E-state index contributed by atoms with van der Waals surface area (Å²) in [5, 5.41) is 9.94. The van der Waals surface area contributed by atoms with Crippen LogP contribution in [0.5, 0.6) is 5.75 Å². The summed E-state index contributed by atoms with van der Waals surface area (Å²) in [6, 6.07) is 16.6. The predicted octanol–water partition coefficient (Wildman–Crippen LogP) is 3.78. The Bertz CT molecular complexity index is 595. The molecule has 0 heterocycles. The topological polar surface area (TPSA) is 46.5 Å². The van der Waals surface area contributed by atoms with Gasteiger partial charge in [0, 0.05) is 0 Å². The summed E-state index contributed by atoms with van der Waals surface area (Å²) in [5.74, 6) is 0.561. The van der Waals surface area contributed by atoms with Crippen LogP contribution in [0.15, 0.2) is 54.6 Å². The van der Waals surface area contributed by atoms with Gasteiger partial charge >= 0.3 is 5.97 Å². The fourth-order valence-electron chi connectivity index (χ4n) is 2.36. The van der Waals surface area contributed by atoms with Crippen molar-refractivity contribution < 1.29 is 14.6 Å². The molecule has 0 fully saturated rings. The van der Waals surface area contributed by atoms with Crippen LogP contribution in [0.1, 0.15) is 18.1 Å². The fraction of sp³-hybridized carbons (Fsp3) is 0.235. The first-order valence-corrected chi connectivity index (χ1v) is 7.71. The Morgan fingerprint density at radius 3 is 2.14 bits per heavy atom. The Morgan fingerprint density at radius 2 is 1.67 bits per heavy atom. The number of methoxy groups -OCH3 is 1. The van der Waals surface area contributed by atoms with Gasteiger partial charge in [-0.15, -0.1) is 11.8 Å². The van der Waals surface area contributed by atoms with Gasteiger partial charge in [0.25, 0.3) is 0 Å². The molecule has 0 radical (unpaired) electrons. The van der Waals surface area contributed by atoms with E-state index in [0.717, 1.165) is 11.1 Å². The van der Waals surface area contributed by atoms with Crippen LogP contribution in [0.3, 0.4) is 0 Å². The van der Waals surface area contributed by atoms with Crippen LogP contribution < -0.4 is 4.74 Å². The third-order valence-corrected chi connectivity index (χ3v) is 4.71. The van der Waals surface area contributed by atoms with Gasteiger partial charge in [-0.2, -0.15) is 0 Å². The molecule has 0 saturated carbocycles. The second kappa shape index (κ2) is 6.68. The van der Waals surface area contributed by atoms with E-state index in [1.165, 1.54) is 11.8 Å². The number of carboxylic acids is 1. The first kappa shape index (κ1) is 15.4. The number of hydrogen-bond donors (Lipinski definition) is 1. The molecule has 2 aromatic carbocycles. The van der Waals surface area contributed by atoms with Crippen molar-refractivity contribution in [2.24, 2.45) is 0 Å². The van der Waals surface area contributed by atoms with E-state index >= 15 is 0 Å². The second-order valence-electron chi connectivity index (χ2n) is 4.51. The van der Waals surface area contributed by atoms with Crippen LogP contribution in [0.4, 0.5) is 0 Å². The lowest BCUT2D eigenvalue weighted by Crippen LogP contribution is -2.34. The Morgan fingerprint density at radius 1 is 1.10 bits per heavy atom. The molecule has 1 unspecified atom stereocenters. The molecule has 0 bridgehead atoms. The molecule has 2 aromatic rings. The summed E-state index contributed by atoms with van der Waals surface area (Å²) >= 11 is 1.41. The summed E-state index contributed by atoms with van der Waals surface area (Å²) in [4.78, 5) is 12.1. The first-order chi connectivity index (χ1) is 10.1. The molecule has 0 aliphatic heterocycles. The van der Waals surface area contributed by atoms with Gasteiger partial charge in [0.05, 0.1) is 7.11 Å². The van der Waals surface area contributed by atoms with E-state index < -0.39 is 10.7 Å². The van der Waals surface area contributed by atoms with Gasteiger partial charge in [0.15, 0.2) is 4.75 Å². The zero-order valence-electron chi connectivity index (χ0n) is 12.1. The number of aliphatic carboxylic acids is 1. The van der Waals surface area contributed by atoms with Crippen molar-refractivity contribution >= 4 is 17.7 Å². The van der Waals surface area contributed by atoms with Gasteiger partial charge in [0.1, 0.15) is 5.75 Å². The van der Waals surface area contributed by atoms with E-state index in [4.69, 9.17) is 4.74 Å². The number of rotatable bonds is 6. The van der Waals surface area contributed by atoms with Crippen molar-refractivity contribution in [3.63, 3.8) is 0 Å². The Kier molecular flexibility index (Phi) is 4.91. The maximum atomic E-state index is 12.1. The molecule has 3 nitrogen and oxygen atoms in total. The highest BCUT2D eigenvalue weighted by Crippen LogP contribution is 2.43. The molecule has 1 atom stereocenters. The lowest BCUT2D eigenvalue weighted by atomic mass is 9.90. The van der Waals surface area contributed by atoms with E-state index in [2.05, 4.69) is 0 Å². The molecule has 0 aliphatic rings. The molecule has 0 saturated heterocycles. The second-order valence-corrected chi connectivity index (χ2v) is 5.99. The molecule has 4 heteroatoms. The van der Waals surface area contributed by atoms with Crippen LogP contribution in [0.2, 0.25) is 0 Å². The van der Waals surface area contributed by atoms with Crippen LogP contribution >= 0.6 is 11.8 Å². The minimum Gasteiger partial charge on any atom is -0.497 e. The average Bonchev–Trinajstić information content (AvgIpc) is 2.53. The molecular weight excluding hydrogens is 284 g/mol. The van der Waals surface area contributed by atoms with Crippen LogP contribution in [0, 0.1) is 0 Å². The van der Waals surface area contributed by atoms with Crippen LogP contribution in [-0.4, -0.2) is 23.9 Å². The Hall–Kier alpha value is -1.94. The van der Waals surface area contributed by atoms with Gasteiger partial charge in [-0.25, -0.2) is 4.79 Å². The van der Waals surface area contributed by atoms with Crippen molar-refractivity contribution in [1.29, 1.82) is 0 Å². The van der Waals surface area contributed by atoms with Crippen LogP contribution in [0.25, 0.3) is 0 Å². The van der Waals surface area contributed by atoms with E-state index in [1.807, 2.05) is 49.4 Å². The van der Waals surface area contributed by atoms with Crippen molar-refractivity contribution in [2.75, 3.05) is 12.9 Å². The van der Waals surface area contributed by atoms with Gasteiger partial charge in [-0.1, -0.05) is 49.4 Å². The SMILES string of the molecule is CCSC(C(=O)O)(c1ccccc1)c1ccc(OC)cc1. The van der Waals surface area contributed by atoms with Crippen molar-refractivity contribution in [3.05, 3.63) is 65.7 Å². The number of ether oxygens (including phenoxy) is 1. The summed E-state index contributed by atoms with van der Waals surface area (Å²) in [7, 11) is 1.59. The van der Waals surface area contributed by atoms with Gasteiger partial charge in [-0.05, 0) is 29.0 Å². The monoisotopic (exact) mass is 302 g/mol. The molecule has 21 heavy (non-hydrogen) atoms. The largest absolute Gasteiger partial charge is 0.497 e. The number of carboxylic acid groups (broad SMARTS) is 1. The zero-order chi connectivity index (χ0) is 15.3. The van der Waals surface area contributed by atoms with Gasteiger partial charge in [-0.3, -0.25) is 0 Å². The number of hydrogen-bond acceptors (Lipinski definition) is 3. The summed E-state index contributed by atoms with van der Waals surface area (Å²) in [5.41, 5.74) is 1.52. The smallest absolute Gasteiger partial charge is 0.328 e. The number of carbonyl (C=O) groups is 1. The Balaban J connectivity index is 2.61. The molecular formula is C17H18O3S. The molecule has 0 spiro atoms. The first-order valence-electron chi connectivity index (χ1n) is 6.72. The predicted molar refractivity (Wildman–Crippen MR) is 86.0 cm³/mol. The van der Waals surface area contributed by atoms with Crippen molar-refractivity contribution in [3.8, 4) is 5.75 Å². The van der Waals surface area contributed by atoms with Gasteiger partial charge in [0.2, 0.25) is 0 Å². The molecule has 1 N–H and O–H groups in total. The lowest BCUT2D eigenvalue weighted by Gasteiger charge is -2.29. The Labute approximate surface area is 129 Å². The van der Waals surface area contributed by atoms with Crippen LogP contribution in [-0.2, 0) is 9.54 Å². The molecule has 110 valence electrons. The molecule has 0 amide bonds. The third-order valence-electron chi connectivity index (χ3n) is 3.34. The van der Waals surface area contributed by atoms with Crippen molar-refractivity contribution in [1.82, 2.24) is 0 Å². The van der Waals surface area contributed by atoms with Crippen molar-refractivity contribution in [2.45, 2.75) is 11.7 Å². The van der Waals surface area contributed by atoms with E-state index in [0.29, 0.717) is 11.5 Å². The molecule has 2 rings (SSSR count).